The van der Waals surface area contributed by atoms with Crippen molar-refractivity contribution in [2.45, 2.75) is 0 Å². The van der Waals surface area contributed by atoms with E-state index in [4.69, 9.17) is 15.7 Å². The quantitative estimate of drug-likeness (QED) is 0.131. The van der Waals surface area contributed by atoms with Crippen molar-refractivity contribution >= 4 is 114 Å². The van der Waals surface area contributed by atoms with E-state index in [1.165, 1.54) is 47.9 Å². The lowest BCUT2D eigenvalue weighted by Crippen LogP contribution is -2.16. The minimum Gasteiger partial charge on any atom is -0.383 e. The number of fused-ring (bicyclic) bond motifs is 12. The van der Waals surface area contributed by atoms with E-state index >= 15 is 0 Å². The van der Waals surface area contributed by atoms with Crippen LogP contribution in [0.15, 0.2) is 229 Å². The first kappa shape index (κ1) is 37.9. The largest absolute Gasteiger partial charge is 0.383 e. The normalized spacial score (nSPS) is 12.5. The Kier molecular flexibility index (Phi) is 8.63. The second kappa shape index (κ2) is 15.0. The lowest BCUT2D eigenvalue weighted by atomic mass is 10.0. The van der Waals surface area contributed by atoms with Crippen molar-refractivity contribution in [2.24, 2.45) is 15.7 Å². The van der Waals surface area contributed by atoms with Gasteiger partial charge in [-0.05, 0) is 70.8 Å². The average molecular weight is 862 g/mol. The predicted molar refractivity (Wildman–Crippen MR) is 282 cm³/mol. The van der Waals surface area contributed by atoms with E-state index in [0.717, 1.165) is 65.5 Å². The fourth-order valence-corrected chi connectivity index (χ4v) is 11.3. The molecule has 0 saturated heterocycles. The summed E-state index contributed by atoms with van der Waals surface area (Å²) in [5.41, 5.74) is 16.9. The van der Waals surface area contributed by atoms with Crippen LogP contribution in [0.4, 0.5) is 0 Å². The molecule has 310 valence electrons. The van der Waals surface area contributed by atoms with Gasteiger partial charge in [0, 0.05) is 64.8 Å². The first-order valence-corrected chi connectivity index (χ1v) is 22.9. The van der Waals surface area contributed by atoms with Gasteiger partial charge in [-0.2, -0.15) is 0 Å². The van der Waals surface area contributed by atoms with Crippen LogP contribution in [0, 0.1) is 0 Å². The Morgan fingerprint density at radius 1 is 0.455 bits per heavy atom. The number of benzene rings is 10. The Hall–Kier alpha value is -8.58. The number of hydrogen-bond donors (Lipinski definition) is 1. The van der Waals surface area contributed by atoms with Crippen LogP contribution in [0.5, 0.6) is 0 Å². The highest BCUT2D eigenvalue weighted by molar-refractivity contribution is 7.26. The molecule has 0 fully saturated rings. The molecule has 13 rings (SSSR count). The molecule has 0 amide bonds. The fourth-order valence-electron chi connectivity index (χ4n) is 10.0. The van der Waals surface area contributed by atoms with Gasteiger partial charge in [-0.1, -0.05) is 164 Å². The van der Waals surface area contributed by atoms with E-state index in [9.17, 15) is 0 Å². The molecule has 0 saturated carbocycles. The van der Waals surface area contributed by atoms with Gasteiger partial charge in [-0.3, -0.25) is 0 Å². The van der Waals surface area contributed by atoms with Crippen LogP contribution in [0.3, 0.4) is 0 Å². The Morgan fingerprint density at radius 3 is 1.91 bits per heavy atom. The third-order valence-corrected chi connectivity index (χ3v) is 14.3. The first-order valence-electron chi connectivity index (χ1n) is 22.1. The lowest BCUT2D eigenvalue weighted by Gasteiger charge is -2.14. The number of rotatable bonds is 6. The molecule has 13 aromatic rings. The summed E-state index contributed by atoms with van der Waals surface area (Å²) < 4.78 is 7.11. The zero-order valence-electron chi connectivity index (χ0n) is 35.7. The number of nitrogens with two attached hydrogens (primary N) is 1. The van der Waals surface area contributed by atoms with Crippen LogP contribution in [0.1, 0.15) is 16.7 Å². The molecule has 3 aromatic heterocycles. The average Bonchev–Trinajstić information content (AvgIpc) is 4.03. The van der Waals surface area contributed by atoms with E-state index < -0.39 is 0 Å². The second-order valence-corrected chi connectivity index (χ2v) is 17.9. The summed E-state index contributed by atoms with van der Waals surface area (Å²) in [6.45, 7) is 4.64. The Bertz CT molecular complexity index is 4190. The van der Waals surface area contributed by atoms with Gasteiger partial charge in [0.05, 0.1) is 38.2 Å². The summed E-state index contributed by atoms with van der Waals surface area (Å²) in [4.78, 5) is 10.6. The second-order valence-electron chi connectivity index (χ2n) is 16.8. The van der Waals surface area contributed by atoms with E-state index in [-0.39, 0.29) is 0 Å². The Morgan fingerprint density at radius 2 is 1.09 bits per heavy atom. The van der Waals surface area contributed by atoms with Crippen LogP contribution < -0.4 is 5.73 Å². The molecule has 3 heterocycles. The molecule has 10 aromatic carbocycles. The highest BCUT2D eigenvalue weighted by Crippen LogP contribution is 2.45. The van der Waals surface area contributed by atoms with Crippen molar-refractivity contribution in [3.05, 3.63) is 236 Å². The van der Waals surface area contributed by atoms with Crippen LogP contribution >= 0.6 is 11.3 Å². The number of aliphatic imine (C=N–C) groups is 2. The van der Waals surface area contributed by atoms with E-state index in [1.54, 1.807) is 11.3 Å². The van der Waals surface area contributed by atoms with Crippen LogP contribution in [0.25, 0.3) is 102 Å². The van der Waals surface area contributed by atoms with E-state index in [2.05, 4.69) is 198 Å². The van der Waals surface area contributed by atoms with Gasteiger partial charge in [0.15, 0.2) is 5.84 Å². The number of hydrogen-bond acceptors (Lipinski definition) is 2. The van der Waals surface area contributed by atoms with Gasteiger partial charge in [-0.15, -0.1) is 11.3 Å². The maximum Gasteiger partial charge on any atom is 0.162 e. The molecule has 0 atom stereocenters. The molecule has 2 N–H and O–H groups in total. The predicted octanol–water partition coefficient (Wildman–Crippen LogP) is 15.4. The van der Waals surface area contributed by atoms with Crippen molar-refractivity contribution in [2.75, 3.05) is 0 Å². The molecule has 0 spiro atoms. The fraction of sp³-hybridized carbons (Fsp3) is 0. The summed E-state index contributed by atoms with van der Waals surface area (Å²) in [5.74, 6) is 0.864. The standard InChI is InChI=1S/C60H39N5S/c1-37(40-29-30-46-45-24-12-14-26-51(45)64(53(46)35-40)43-21-6-3-7-22-43)62-60(63-59(61)39-17-4-2-5-18-39)49-32-33-52(58-56(49)48-25-13-15-27-55(48)66-58)65-54-36-42-20-9-8-19-41(42)34-50(54)47-31-28-38-16-10-11-23-44(38)57(47)65/h2-36H,1H2,(H2,61,62,63). The smallest absolute Gasteiger partial charge is 0.162 e. The van der Waals surface area contributed by atoms with Crippen LogP contribution in [-0.4, -0.2) is 20.8 Å². The monoisotopic (exact) mass is 861 g/mol. The lowest BCUT2D eigenvalue weighted by molar-refractivity contribution is 1.18. The zero-order valence-corrected chi connectivity index (χ0v) is 36.5. The minimum absolute atomic E-state index is 0.374. The van der Waals surface area contributed by atoms with Gasteiger partial charge in [0.1, 0.15) is 5.84 Å². The third-order valence-electron chi connectivity index (χ3n) is 13.1. The third kappa shape index (κ3) is 5.93. The summed E-state index contributed by atoms with van der Waals surface area (Å²) in [6.07, 6.45) is 0. The Balaban J connectivity index is 1.08. The SMILES string of the molecule is C=C(/N=C(\N=C(/N)c1ccccc1)c1ccc(-n2c3cc4ccccc4cc3c3ccc4ccccc4c32)c2sc3ccccc3c12)c1ccc2c3ccccc3n(-c3ccccc3)c2c1. The highest BCUT2D eigenvalue weighted by Gasteiger charge is 2.23. The highest BCUT2D eigenvalue weighted by atomic mass is 32.1. The molecule has 0 bridgehead atoms. The molecule has 0 aliphatic heterocycles. The van der Waals surface area contributed by atoms with Crippen molar-refractivity contribution in [1.29, 1.82) is 0 Å². The molecular weight excluding hydrogens is 823 g/mol. The molecule has 5 nitrogen and oxygen atoms in total. The zero-order chi connectivity index (χ0) is 43.9. The molecule has 0 aliphatic rings. The molecule has 66 heavy (non-hydrogen) atoms. The molecule has 0 radical (unpaired) electrons. The van der Waals surface area contributed by atoms with Crippen molar-refractivity contribution < 1.29 is 0 Å². The summed E-state index contributed by atoms with van der Waals surface area (Å²) in [5, 5.41) is 11.8. The van der Waals surface area contributed by atoms with Crippen molar-refractivity contribution in [3.63, 3.8) is 0 Å². The first-order chi connectivity index (χ1) is 32.6. The van der Waals surface area contributed by atoms with Crippen LogP contribution in [0.2, 0.25) is 0 Å². The van der Waals surface area contributed by atoms with Crippen molar-refractivity contribution in [1.82, 2.24) is 9.13 Å². The van der Waals surface area contributed by atoms with Crippen molar-refractivity contribution in [3.8, 4) is 11.4 Å². The number of thiophene rings is 1. The maximum absolute atomic E-state index is 6.95. The van der Waals surface area contributed by atoms with E-state index in [0.29, 0.717) is 17.4 Å². The molecule has 0 unspecified atom stereocenters. The van der Waals surface area contributed by atoms with Gasteiger partial charge in [0.2, 0.25) is 0 Å². The van der Waals surface area contributed by atoms with Crippen LogP contribution in [-0.2, 0) is 0 Å². The van der Waals surface area contributed by atoms with Gasteiger partial charge in [0.25, 0.3) is 0 Å². The van der Waals surface area contributed by atoms with Gasteiger partial charge in [-0.25, -0.2) is 9.98 Å². The number of nitrogens with zero attached hydrogens (tertiary/aromatic N) is 4. The maximum atomic E-state index is 6.95. The number of aromatic nitrogens is 2. The van der Waals surface area contributed by atoms with Gasteiger partial charge >= 0.3 is 0 Å². The molecule has 6 heteroatoms. The summed E-state index contributed by atoms with van der Waals surface area (Å²) in [7, 11) is 0. The number of para-hydroxylation sites is 2. The van der Waals surface area contributed by atoms with E-state index in [1.807, 2.05) is 30.3 Å². The Labute approximate surface area is 383 Å². The molecular formula is C60H39N5S. The number of amidine groups is 2. The summed E-state index contributed by atoms with van der Waals surface area (Å²) >= 11 is 1.80. The minimum atomic E-state index is 0.374. The summed E-state index contributed by atoms with van der Waals surface area (Å²) in [6, 6.07) is 75.2. The topological polar surface area (TPSA) is 60.6 Å². The molecule has 0 aliphatic carbocycles. The van der Waals surface area contributed by atoms with Gasteiger partial charge < -0.3 is 14.9 Å².